The van der Waals surface area contributed by atoms with Crippen LogP contribution in [0.25, 0.3) is 11.4 Å². The zero-order valence-corrected chi connectivity index (χ0v) is 16.9. The molecule has 152 valence electrons. The van der Waals surface area contributed by atoms with E-state index in [-0.39, 0.29) is 0 Å². The first kappa shape index (κ1) is 20.4. The molecule has 0 atom stereocenters. The van der Waals surface area contributed by atoms with Gasteiger partial charge in [-0.25, -0.2) is 9.97 Å². The van der Waals surface area contributed by atoms with Crippen molar-refractivity contribution in [1.82, 2.24) is 9.97 Å². The van der Waals surface area contributed by atoms with Gasteiger partial charge in [-0.15, -0.1) is 0 Å². The van der Waals surface area contributed by atoms with E-state index in [1.807, 2.05) is 54.6 Å². The van der Waals surface area contributed by atoms with Crippen molar-refractivity contribution in [1.29, 1.82) is 0 Å². The van der Waals surface area contributed by atoms with Gasteiger partial charge in [0.05, 0.1) is 19.9 Å². The van der Waals surface area contributed by atoms with Crippen LogP contribution in [0.5, 0.6) is 11.5 Å². The van der Waals surface area contributed by atoms with Gasteiger partial charge in [-0.1, -0.05) is 30.3 Å². The van der Waals surface area contributed by atoms with Crippen LogP contribution in [0.1, 0.15) is 6.42 Å². The SMILES string of the molecule is COCCCNc1cc(Nc2ccc(OC)cc2OC)nc(-c2ccccc2)n1. The summed E-state index contributed by atoms with van der Waals surface area (Å²) in [4.78, 5) is 9.35. The van der Waals surface area contributed by atoms with Crippen LogP contribution in [0, 0.1) is 0 Å². The van der Waals surface area contributed by atoms with Crippen LogP contribution < -0.4 is 20.1 Å². The predicted octanol–water partition coefficient (Wildman–Crippen LogP) is 4.35. The molecule has 7 nitrogen and oxygen atoms in total. The largest absolute Gasteiger partial charge is 0.497 e. The van der Waals surface area contributed by atoms with Gasteiger partial charge in [-0.05, 0) is 18.6 Å². The van der Waals surface area contributed by atoms with Crippen LogP contribution in [0.4, 0.5) is 17.3 Å². The second-order valence-corrected chi connectivity index (χ2v) is 6.29. The minimum Gasteiger partial charge on any atom is -0.497 e. The van der Waals surface area contributed by atoms with Crippen molar-refractivity contribution in [2.24, 2.45) is 0 Å². The van der Waals surface area contributed by atoms with Crippen molar-refractivity contribution in [3.63, 3.8) is 0 Å². The highest BCUT2D eigenvalue weighted by Gasteiger charge is 2.10. The Morgan fingerprint density at radius 1 is 0.862 bits per heavy atom. The predicted molar refractivity (Wildman–Crippen MR) is 115 cm³/mol. The molecule has 0 unspecified atom stereocenters. The number of hydrogen-bond acceptors (Lipinski definition) is 7. The summed E-state index contributed by atoms with van der Waals surface area (Å²) in [6.45, 7) is 1.45. The molecule has 0 saturated carbocycles. The number of anilines is 3. The highest BCUT2D eigenvalue weighted by atomic mass is 16.5. The summed E-state index contributed by atoms with van der Waals surface area (Å²) in [5, 5.41) is 6.67. The second kappa shape index (κ2) is 10.3. The summed E-state index contributed by atoms with van der Waals surface area (Å²) in [5.41, 5.74) is 1.73. The Labute approximate surface area is 171 Å². The summed E-state index contributed by atoms with van der Waals surface area (Å²) in [6.07, 6.45) is 0.885. The third-order valence-electron chi connectivity index (χ3n) is 4.26. The van der Waals surface area contributed by atoms with Crippen molar-refractivity contribution in [2.45, 2.75) is 6.42 Å². The number of hydrogen-bond donors (Lipinski definition) is 2. The maximum Gasteiger partial charge on any atom is 0.163 e. The van der Waals surface area contributed by atoms with E-state index in [1.54, 1.807) is 21.3 Å². The van der Waals surface area contributed by atoms with E-state index in [0.29, 0.717) is 24.0 Å². The van der Waals surface area contributed by atoms with Gasteiger partial charge in [0.25, 0.3) is 0 Å². The highest BCUT2D eigenvalue weighted by molar-refractivity contribution is 5.69. The molecule has 3 aromatic rings. The fraction of sp³-hybridized carbons (Fsp3) is 0.273. The zero-order chi connectivity index (χ0) is 20.5. The van der Waals surface area contributed by atoms with E-state index in [0.717, 1.165) is 35.8 Å². The van der Waals surface area contributed by atoms with Gasteiger partial charge in [-0.3, -0.25) is 0 Å². The van der Waals surface area contributed by atoms with Crippen molar-refractivity contribution in [3.05, 3.63) is 54.6 Å². The maximum atomic E-state index is 5.48. The maximum absolute atomic E-state index is 5.48. The van der Waals surface area contributed by atoms with E-state index in [9.17, 15) is 0 Å². The van der Waals surface area contributed by atoms with E-state index in [1.165, 1.54) is 0 Å². The van der Waals surface area contributed by atoms with Gasteiger partial charge in [-0.2, -0.15) is 0 Å². The molecule has 1 heterocycles. The topological polar surface area (TPSA) is 77.5 Å². The molecule has 3 rings (SSSR count). The number of aromatic nitrogens is 2. The molecule has 0 spiro atoms. The Kier molecular flexibility index (Phi) is 7.24. The van der Waals surface area contributed by atoms with Crippen molar-refractivity contribution in [3.8, 4) is 22.9 Å². The lowest BCUT2D eigenvalue weighted by atomic mass is 10.2. The lowest BCUT2D eigenvalue weighted by Crippen LogP contribution is -2.08. The zero-order valence-electron chi connectivity index (χ0n) is 16.9. The number of methoxy groups -OCH3 is 3. The fourth-order valence-electron chi connectivity index (χ4n) is 2.79. The Morgan fingerprint density at radius 3 is 2.38 bits per heavy atom. The quantitative estimate of drug-likeness (QED) is 0.495. The lowest BCUT2D eigenvalue weighted by molar-refractivity contribution is 0.198. The first-order chi connectivity index (χ1) is 14.2. The molecule has 0 aliphatic rings. The minimum atomic E-state index is 0.636. The van der Waals surface area contributed by atoms with E-state index in [4.69, 9.17) is 14.2 Å². The van der Waals surface area contributed by atoms with Crippen LogP contribution in [0.3, 0.4) is 0 Å². The average molecular weight is 394 g/mol. The first-order valence-electron chi connectivity index (χ1n) is 9.40. The van der Waals surface area contributed by atoms with Gasteiger partial charge in [0.1, 0.15) is 23.1 Å². The van der Waals surface area contributed by atoms with Crippen LogP contribution in [-0.2, 0) is 4.74 Å². The molecule has 2 N–H and O–H groups in total. The Balaban J connectivity index is 1.90. The van der Waals surface area contributed by atoms with E-state index in [2.05, 4.69) is 20.6 Å². The summed E-state index contributed by atoms with van der Waals surface area (Å²) < 4.78 is 15.9. The Hall–Kier alpha value is -3.32. The summed E-state index contributed by atoms with van der Waals surface area (Å²) in [7, 11) is 4.94. The standard InChI is InChI=1S/C22H26N4O3/c1-27-13-7-12-23-20-15-21(26-22(25-20)16-8-5-4-6-9-16)24-18-11-10-17(28-2)14-19(18)29-3/h4-6,8-11,14-15H,7,12-13H2,1-3H3,(H2,23,24,25,26). The summed E-state index contributed by atoms with van der Waals surface area (Å²) in [6, 6.07) is 17.4. The van der Waals surface area contributed by atoms with Crippen LogP contribution in [0.2, 0.25) is 0 Å². The molecule has 0 fully saturated rings. The third kappa shape index (κ3) is 5.58. The Morgan fingerprint density at radius 2 is 1.66 bits per heavy atom. The molecule has 0 saturated heterocycles. The van der Waals surface area contributed by atoms with E-state index < -0.39 is 0 Å². The van der Waals surface area contributed by atoms with Gasteiger partial charge in [0, 0.05) is 38.0 Å². The average Bonchev–Trinajstić information content (AvgIpc) is 2.77. The number of rotatable bonds is 10. The minimum absolute atomic E-state index is 0.636. The van der Waals surface area contributed by atoms with E-state index >= 15 is 0 Å². The van der Waals surface area contributed by atoms with Gasteiger partial charge >= 0.3 is 0 Å². The summed E-state index contributed by atoms with van der Waals surface area (Å²) in [5.74, 6) is 3.43. The lowest BCUT2D eigenvalue weighted by Gasteiger charge is -2.14. The fourth-order valence-corrected chi connectivity index (χ4v) is 2.79. The highest BCUT2D eigenvalue weighted by Crippen LogP contribution is 2.32. The molecule has 0 aliphatic carbocycles. The van der Waals surface area contributed by atoms with Gasteiger partial charge in [0.15, 0.2) is 5.82 Å². The van der Waals surface area contributed by atoms with Crippen LogP contribution in [-0.4, -0.2) is 44.4 Å². The summed E-state index contributed by atoms with van der Waals surface area (Å²) >= 11 is 0. The number of nitrogens with zero attached hydrogens (tertiary/aromatic N) is 2. The van der Waals surface area contributed by atoms with Crippen molar-refractivity contribution >= 4 is 17.3 Å². The number of ether oxygens (including phenoxy) is 3. The molecule has 0 radical (unpaired) electrons. The van der Waals surface area contributed by atoms with Gasteiger partial charge < -0.3 is 24.8 Å². The molecular weight excluding hydrogens is 368 g/mol. The molecule has 7 heteroatoms. The smallest absolute Gasteiger partial charge is 0.163 e. The van der Waals surface area contributed by atoms with Crippen molar-refractivity contribution in [2.75, 3.05) is 45.1 Å². The normalized spacial score (nSPS) is 10.4. The second-order valence-electron chi connectivity index (χ2n) is 6.29. The van der Waals surface area contributed by atoms with Crippen molar-refractivity contribution < 1.29 is 14.2 Å². The molecule has 1 aromatic heterocycles. The Bertz CT molecular complexity index is 919. The number of nitrogens with one attached hydrogen (secondary N) is 2. The molecule has 2 aromatic carbocycles. The molecule has 0 amide bonds. The van der Waals surface area contributed by atoms with Gasteiger partial charge in [0.2, 0.25) is 0 Å². The third-order valence-corrected chi connectivity index (χ3v) is 4.26. The van der Waals surface area contributed by atoms with Crippen LogP contribution in [0.15, 0.2) is 54.6 Å². The molecule has 29 heavy (non-hydrogen) atoms. The monoisotopic (exact) mass is 394 g/mol. The van der Waals surface area contributed by atoms with Crippen LogP contribution >= 0.6 is 0 Å². The first-order valence-corrected chi connectivity index (χ1v) is 9.40. The number of benzene rings is 2. The molecule has 0 bridgehead atoms. The molecular formula is C22H26N4O3. The molecule has 0 aliphatic heterocycles.